The summed E-state index contributed by atoms with van der Waals surface area (Å²) >= 11 is 0. The highest BCUT2D eigenvalue weighted by Gasteiger charge is 2.52. The smallest absolute Gasteiger partial charge is 0.250 e. The summed E-state index contributed by atoms with van der Waals surface area (Å²) in [6.07, 6.45) is 2.56. The number of anilines is 1. The van der Waals surface area contributed by atoms with Crippen molar-refractivity contribution in [1.29, 1.82) is 0 Å². The number of benzene rings is 1. The van der Waals surface area contributed by atoms with Crippen molar-refractivity contribution in [3.63, 3.8) is 0 Å². The van der Waals surface area contributed by atoms with Gasteiger partial charge in [0.25, 0.3) is 5.91 Å². The predicted octanol–water partition coefficient (Wildman–Crippen LogP) is 2.02. The van der Waals surface area contributed by atoms with Gasteiger partial charge in [-0.05, 0) is 36.3 Å². The molecule has 1 amide bonds. The van der Waals surface area contributed by atoms with Crippen LogP contribution in [-0.4, -0.2) is 19.0 Å². The molecule has 0 radical (unpaired) electrons. The maximum absolute atomic E-state index is 11.4. The van der Waals surface area contributed by atoms with E-state index in [4.69, 9.17) is 5.73 Å². The molecule has 0 aromatic heterocycles. The highest BCUT2D eigenvalue weighted by atomic mass is 16.1. The van der Waals surface area contributed by atoms with E-state index in [2.05, 4.69) is 11.8 Å². The third-order valence-corrected chi connectivity index (χ3v) is 4.44. The van der Waals surface area contributed by atoms with Crippen LogP contribution in [0.15, 0.2) is 24.3 Å². The molecule has 0 bridgehead atoms. The number of fused-ring (bicyclic) bond motifs is 1. The van der Waals surface area contributed by atoms with Crippen LogP contribution in [0.3, 0.4) is 0 Å². The maximum Gasteiger partial charge on any atom is 0.250 e. The summed E-state index contributed by atoms with van der Waals surface area (Å²) in [5.41, 5.74) is 7.67. The van der Waals surface area contributed by atoms with Gasteiger partial charge < -0.3 is 10.6 Å². The number of primary amides is 1. The Morgan fingerprint density at radius 1 is 1.47 bits per heavy atom. The predicted molar refractivity (Wildman–Crippen MR) is 68.0 cm³/mol. The number of nitrogens with two attached hydrogens (primary N) is 1. The van der Waals surface area contributed by atoms with E-state index in [9.17, 15) is 4.79 Å². The van der Waals surface area contributed by atoms with Crippen molar-refractivity contribution < 1.29 is 4.79 Å². The van der Waals surface area contributed by atoms with E-state index >= 15 is 0 Å². The van der Waals surface area contributed by atoms with E-state index in [0.717, 1.165) is 24.7 Å². The molecule has 1 saturated carbocycles. The second-order valence-electron chi connectivity index (χ2n) is 5.63. The van der Waals surface area contributed by atoms with Crippen LogP contribution in [0.5, 0.6) is 0 Å². The van der Waals surface area contributed by atoms with Crippen LogP contribution in [0.2, 0.25) is 0 Å². The number of nitrogens with zero attached hydrogens (tertiary/aromatic N) is 1. The largest absolute Gasteiger partial charge is 0.371 e. The third-order valence-electron chi connectivity index (χ3n) is 4.44. The molecule has 1 aromatic rings. The number of piperidine rings is 1. The molecule has 2 aliphatic rings. The van der Waals surface area contributed by atoms with Crippen LogP contribution in [0, 0.1) is 11.3 Å². The van der Waals surface area contributed by atoms with Crippen LogP contribution >= 0.6 is 0 Å². The second-order valence-corrected chi connectivity index (χ2v) is 5.63. The summed E-state index contributed by atoms with van der Waals surface area (Å²) in [7, 11) is 0. The molecular formula is C14H18N2O. The lowest BCUT2D eigenvalue weighted by molar-refractivity contribution is 0.100. The van der Waals surface area contributed by atoms with Gasteiger partial charge in [0.05, 0.1) is 5.56 Å². The Balaban J connectivity index is 1.87. The van der Waals surface area contributed by atoms with Crippen molar-refractivity contribution in [2.75, 3.05) is 18.0 Å². The van der Waals surface area contributed by atoms with Gasteiger partial charge in [-0.2, -0.15) is 0 Å². The molecule has 2 N–H and O–H groups in total. The van der Waals surface area contributed by atoms with E-state index < -0.39 is 0 Å². The van der Waals surface area contributed by atoms with Crippen molar-refractivity contribution in [2.45, 2.75) is 19.8 Å². The Hall–Kier alpha value is -1.51. The lowest BCUT2D eigenvalue weighted by Gasteiger charge is -2.32. The quantitative estimate of drug-likeness (QED) is 0.845. The second kappa shape index (κ2) is 3.49. The maximum atomic E-state index is 11.4. The molecule has 3 rings (SSSR count). The minimum atomic E-state index is -0.329. The summed E-state index contributed by atoms with van der Waals surface area (Å²) in [5, 5.41) is 0. The Kier molecular flexibility index (Phi) is 2.18. The Bertz CT molecular complexity index is 471. The third kappa shape index (κ3) is 1.70. The first-order valence-corrected chi connectivity index (χ1v) is 6.24. The first-order chi connectivity index (χ1) is 8.10. The lowest BCUT2D eigenvalue weighted by Crippen LogP contribution is -2.35. The van der Waals surface area contributed by atoms with Crippen molar-refractivity contribution in [2.24, 2.45) is 17.1 Å². The van der Waals surface area contributed by atoms with Crippen molar-refractivity contribution in [3.8, 4) is 0 Å². The van der Waals surface area contributed by atoms with E-state index in [1.165, 1.54) is 12.8 Å². The SMILES string of the molecule is CC12CCN(c3ccccc3C(N)=O)CC1C2. The van der Waals surface area contributed by atoms with Crippen LogP contribution in [0.1, 0.15) is 30.1 Å². The van der Waals surface area contributed by atoms with Crippen molar-refractivity contribution in [3.05, 3.63) is 29.8 Å². The Morgan fingerprint density at radius 3 is 2.94 bits per heavy atom. The average Bonchev–Trinajstić information content (AvgIpc) is 2.99. The Morgan fingerprint density at radius 2 is 2.24 bits per heavy atom. The molecule has 1 aromatic carbocycles. The number of hydrogen-bond acceptors (Lipinski definition) is 2. The number of rotatable bonds is 2. The van der Waals surface area contributed by atoms with Crippen LogP contribution in [-0.2, 0) is 0 Å². The summed E-state index contributed by atoms with van der Waals surface area (Å²) in [6.45, 7) is 4.48. The number of hydrogen-bond donors (Lipinski definition) is 1. The standard InChI is InChI=1S/C14H18N2O/c1-14-6-7-16(9-10(14)8-14)12-5-3-2-4-11(12)13(15)17/h2-5,10H,6-9H2,1H3,(H2,15,17). The van der Waals surface area contributed by atoms with Crippen molar-refractivity contribution >= 4 is 11.6 Å². The van der Waals surface area contributed by atoms with E-state index in [1.807, 2.05) is 24.3 Å². The van der Waals surface area contributed by atoms with Crippen LogP contribution in [0.4, 0.5) is 5.69 Å². The van der Waals surface area contributed by atoms with E-state index in [-0.39, 0.29) is 5.91 Å². The summed E-state index contributed by atoms with van der Waals surface area (Å²) < 4.78 is 0. The minimum absolute atomic E-state index is 0.329. The molecule has 2 atom stereocenters. The number of carbonyl (C=O) groups is 1. The molecule has 0 spiro atoms. The molecule has 1 aliphatic carbocycles. The first-order valence-electron chi connectivity index (χ1n) is 6.24. The fourth-order valence-corrected chi connectivity index (χ4v) is 3.02. The molecule has 2 fully saturated rings. The van der Waals surface area contributed by atoms with Gasteiger partial charge in [-0.15, -0.1) is 0 Å². The molecule has 1 saturated heterocycles. The van der Waals surface area contributed by atoms with Crippen LogP contribution < -0.4 is 10.6 Å². The number of amides is 1. The van der Waals surface area contributed by atoms with Gasteiger partial charge >= 0.3 is 0 Å². The molecule has 3 heteroatoms. The average molecular weight is 230 g/mol. The summed E-state index contributed by atoms with van der Waals surface area (Å²) in [5.74, 6) is 0.474. The molecule has 2 unspecified atom stereocenters. The fraction of sp³-hybridized carbons (Fsp3) is 0.500. The minimum Gasteiger partial charge on any atom is -0.371 e. The fourth-order valence-electron chi connectivity index (χ4n) is 3.02. The zero-order valence-electron chi connectivity index (χ0n) is 10.1. The summed E-state index contributed by atoms with van der Waals surface area (Å²) in [4.78, 5) is 13.7. The highest BCUT2D eigenvalue weighted by molar-refractivity contribution is 5.98. The number of carbonyl (C=O) groups excluding carboxylic acids is 1. The normalized spacial score (nSPS) is 30.9. The van der Waals surface area contributed by atoms with Gasteiger partial charge in [-0.25, -0.2) is 0 Å². The molecule has 3 nitrogen and oxygen atoms in total. The van der Waals surface area contributed by atoms with Crippen LogP contribution in [0.25, 0.3) is 0 Å². The number of para-hydroxylation sites is 1. The zero-order chi connectivity index (χ0) is 12.0. The molecule has 1 heterocycles. The van der Waals surface area contributed by atoms with Crippen molar-refractivity contribution in [1.82, 2.24) is 0 Å². The van der Waals surface area contributed by atoms with Gasteiger partial charge in [-0.3, -0.25) is 4.79 Å². The first kappa shape index (κ1) is 10.6. The van der Waals surface area contributed by atoms with E-state index in [0.29, 0.717) is 11.0 Å². The zero-order valence-corrected chi connectivity index (χ0v) is 10.1. The monoisotopic (exact) mass is 230 g/mol. The molecule has 1 aliphatic heterocycles. The van der Waals surface area contributed by atoms with Gasteiger partial charge in [0.2, 0.25) is 0 Å². The summed E-state index contributed by atoms with van der Waals surface area (Å²) in [6, 6.07) is 7.67. The highest BCUT2D eigenvalue weighted by Crippen LogP contribution is 2.57. The van der Waals surface area contributed by atoms with Gasteiger partial charge in [0.1, 0.15) is 0 Å². The van der Waals surface area contributed by atoms with Gasteiger partial charge in [0.15, 0.2) is 0 Å². The lowest BCUT2D eigenvalue weighted by atomic mass is 9.97. The van der Waals surface area contributed by atoms with Gasteiger partial charge in [0, 0.05) is 18.8 Å². The Labute approximate surface area is 102 Å². The molecule has 90 valence electrons. The molecular weight excluding hydrogens is 212 g/mol. The molecule has 17 heavy (non-hydrogen) atoms. The van der Waals surface area contributed by atoms with E-state index in [1.54, 1.807) is 0 Å². The van der Waals surface area contributed by atoms with Gasteiger partial charge in [-0.1, -0.05) is 19.1 Å². The topological polar surface area (TPSA) is 46.3 Å².